The van der Waals surface area contributed by atoms with Crippen molar-refractivity contribution < 1.29 is 21.9 Å². The van der Waals surface area contributed by atoms with Gasteiger partial charge in [0.15, 0.2) is 0 Å². The highest BCUT2D eigenvalue weighted by Gasteiger charge is 2.27. The van der Waals surface area contributed by atoms with Crippen LogP contribution in [0.1, 0.15) is 6.42 Å². The van der Waals surface area contributed by atoms with Gasteiger partial charge in [-0.1, -0.05) is 0 Å². The maximum Gasteiger partial charge on any atom is 0.346 e. The van der Waals surface area contributed by atoms with Crippen LogP contribution in [0.5, 0.6) is 0 Å². The van der Waals surface area contributed by atoms with Gasteiger partial charge in [-0.05, 0) is 6.42 Å². The van der Waals surface area contributed by atoms with E-state index < -0.39 is 23.6 Å². The van der Waals surface area contributed by atoms with E-state index in [2.05, 4.69) is 4.74 Å². The Morgan fingerprint density at radius 2 is 2.08 bits per heavy atom. The van der Waals surface area contributed by atoms with Gasteiger partial charge in [-0.2, -0.15) is 26.2 Å². The van der Waals surface area contributed by atoms with Gasteiger partial charge < -0.3 is 4.74 Å². The van der Waals surface area contributed by atoms with Crippen molar-refractivity contribution in [1.29, 1.82) is 0 Å². The van der Waals surface area contributed by atoms with Crippen molar-refractivity contribution in [3.63, 3.8) is 0 Å². The van der Waals surface area contributed by atoms with Crippen LogP contribution in [0.15, 0.2) is 0 Å². The van der Waals surface area contributed by atoms with Crippen LogP contribution in [0, 0.1) is 0 Å². The Morgan fingerprint density at radius 3 is 2.46 bits per heavy atom. The molecule has 5 nitrogen and oxygen atoms in total. The first-order chi connectivity index (χ1) is 6.02. The number of halogens is 2. The minimum absolute atomic E-state index is 0.435. The van der Waals surface area contributed by atoms with Crippen LogP contribution in [0.3, 0.4) is 0 Å². The van der Waals surface area contributed by atoms with Gasteiger partial charge in [0.05, 0.1) is 0 Å². The maximum absolute atomic E-state index is 11.4. The Bertz CT molecular complexity index is 253. The predicted octanol–water partition coefficient (Wildman–Crippen LogP) is -0.277. The second-order valence-corrected chi connectivity index (χ2v) is 4.23. The van der Waals surface area contributed by atoms with Gasteiger partial charge >= 0.3 is 6.61 Å². The Labute approximate surface area is 74.8 Å². The van der Waals surface area contributed by atoms with E-state index in [1.165, 1.54) is 0 Å². The lowest BCUT2D eigenvalue weighted by atomic mass is 10.3. The summed E-state index contributed by atoms with van der Waals surface area (Å²) in [6.07, 6.45) is 0.802. The highest BCUT2D eigenvalue weighted by Crippen LogP contribution is 2.10. The Balaban J connectivity index is 2.26. The molecule has 0 aliphatic carbocycles. The minimum atomic E-state index is -3.59. The van der Waals surface area contributed by atoms with Crippen LogP contribution >= 0.6 is 0 Å². The molecule has 0 spiro atoms. The smallest absolute Gasteiger partial charge is 0.306 e. The summed E-state index contributed by atoms with van der Waals surface area (Å²) in [5.74, 6) is 0. The normalized spacial score (nSPS) is 19.0. The van der Waals surface area contributed by atoms with Crippen LogP contribution in [-0.2, 0) is 14.9 Å². The zero-order chi connectivity index (χ0) is 9.90. The SMILES string of the molecule is O=S(=O)(NCOC(F)F)N1CCC1. The molecule has 0 aromatic carbocycles. The summed E-state index contributed by atoms with van der Waals surface area (Å²) >= 11 is 0. The monoisotopic (exact) mass is 216 g/mol. The molecule has 13 heavy (non-hydrogen) atoms. The van der Waals surface area contributed by atoms with E-state index in [0.29, 0.717) is 13.1 Å². The summed E-state index contributed by atoms with van der Waals surface area (Å²) in [5, 5.41) is 0. The summed E-state index contributed by atoms with van der Waals surface area (Å²) in [5.41, 5.74) is 0. The number of ether oxygens (including phenoxy) is 1. The molecule has 1 heterocycles. The number of nitrogens with one attached hydrogen (secondary N) is 1. The highest BCUT2D eigenvalue weighted by atomic mass is 32.2. The second kappa shape index (κ2) is 4.27. The highest BCUT2D eigenvalue weighted by molar-refractivity contribution is 7.87. The van der Waals surface area contributed by atoms with Gasteiger partial charge in [-0.25, -0.2) is 0 Å². The van der Waals surface area contributed by atoms with Crippen molar-refractivity contribution in [1.82, 2.24) is 9.03 Å². The minimum Gasteiger partial charge on any atom is -0.306 e. The van der Waals surface area contributed by atoms with Crippen molar-refractivity contribution in [2.75, 3.05) is 19.8 Å². The first kappa shape index (κ1) is 10.8. The fourth-order valence-corrected chi connectivity index (χ4v) is 1.93. The summed E-state index contributed by atoms with van der Waals surface area (Å²) in [4.78, 5) is 0. The zero-order valence-electron chi connectivity index (χ0n) is 6.74. The van der Waals surface area contributed by atoms with E-state index in [0.717, 1.165) is 10.7 Å². The molecule has 0 saturated carbocycles. The average Bonchev–Trinajstić information content (AvgIpc) is 1.79. The van der Waals surface area contributed by atoms with Crippen LogP contribution in [0.4, 0.5) is 8.78 Å². The van der Waals surface area contributed by atoms with Gasteiger partial charge in [-0.15, -0.1) is 0 Å². The molecular formula is C5H10F2N2O3S. The van der Waals surface area contributed by atoms with Crippen molar-refractivity contribution in [3.05, 3.63) is 0 Å². The topological polar surface area (TPSA) is 58.6 Å². The number of hydrogen-bond donors (Lipinski definition) is 1. The first-order valence-corrected chi connectivity index (χ1v) is 5.11. The maximum atomic E-state index is 11.4. The number of rotatable bonds is 5. The molecule has 1 rings (SSSR count). The van der Waals surface area contributed by atoms with E-state index in [1.54, 1.807) is 0 Å². The van der Waals surface area contributed by atoms with Crippen LogP contribution in [0.25, 0.3) is 0 Å². The molecule has 0 aromatic heterocycles. The lowest BCUT2D eigenvalue weighted by Gasteiger charge is -2.29. The Hall–Kier alpha value is -0.310. The van der Waals surface area contributed by atoms with Crippen molar-refractivity contribution >= 4 is 10.2 Å². The summed E-state index contributed by atoms with van der Waals surface area (Å²) in [6.45, 7) is -2.79. The van der Waals surface area contributed by atoms with Crippen LogP contribution in [0.2, 0.25) is 0 Å². The molecular weight excluding hydrogens is 206 g/mol. The van der Waals surface area contributed by atoms with Gasteiger partial charge in [0.1, 0.15) is 6.73 Å². The summed E-state index contributed by atoms with van der Waals surface area (Å²) < 4.78 is 51.8. The number of alkyl halides is 2. The molecule has 1 N–H and O–H groups in total. The van der Waals surface area contributed by atoms with E-state index in [-0.39, 0.29) is 0 Å². The molecule has 0 radical (unpaired) electrons. The molecule has 1 aliphatic heterocycles. The lowest BCUT2D eigenvalue weighted by Crippen LogP contribution is -2.48. The Morgan fingerprint density at radius 1 is 1.46 bits per heavy atom. The third-order valence-electron chi connectivity index (χ3n) is 1.61. The standard InChI is InChI=1S/C5H10F2N2O3S/c6-5(7)12-4-8-13(10,11)9-2-1-3-9/h5,8H,1-4H2. The molecule has 0 unspecified atom stereocenters. The molecule has 1 fully saturated rings. The van der Waals surface area contributed by atoms with Gasteiger partial charge in [0.2, 0.25) is 0 Å². The molecule has 0 aromatic rings. The van der Waals surface area contributed by atoms with Gasteiger partial charge in [0, 0.05) is 13.1 Å². The largest absolute Gasteiger partial charge is 0.346 e. The average molecular weight is 216 g/mol. The molecule has 0 atom stereocenters. The van der Waals surface area contributed by atoms with Crippen molar-refractivity contribution in [3.8, 4) is 0 Å². The van der Waals surface area contributed by atoms with E-state index in [1.807, 2.05) is 4.72 Å². The lowest BCUT2D eigenvalue weighted by molar-refractivity contribution is -0.130. The number of nitrogens with zero attached hydrogens (tertiary/aromatic N) is 1. The fourth-order valence-electron chi connectivity index (χ4n) is 0.790. The van der Waals surface area contributed by atoms with E-state index in [4.69, 9.17) is 0 Å². The zero-order valence-corrected chi connectivity index (χ0v) is 7.56. The number of hydrogen-bond acceptors (Lipinski definition) is 3. The van der Waals surface area contributed by atoms with Crippen molar-refractivity contribution in [2.24, 2.45) is 0 Å². The quantitative estimate of drug-likeness (QED) is 0.643. The summed E-state index contributed by atoms with van der Waals surface area (Å²) in [7, 11) is -3.59. The second-order valence-electron chi connectivity index (χ2n) is 2.47. The molecule has 1 aliphatic rings. The summed E-state index contributed by atoms with van der Waals surface area (Å²) in [6, 6.07) is 0. The molecule has 78 valence electrons. The first-order valence-electron chi connectivity index (χ1n) is 3.67. The Kier molecular flexibility index (Phi) is 3.54. The molecule has 8 heteroatoms. The van der Waals surface area contributed by atoms with E-state index >= 15 is 0 Å². The predicted molar refractivity (Wildman–Crippen MR) is 40.2 cm³/mol. The van der Waals surface area contributed by atoms with Crippen LogP contribution < -0.4 is 4.72 Å². The van der Waals surface area contributed by atoms with Gasteiger partial charge in [-0.3, -0.25) is 0 Å². The van der Waals surface area contributed by atoms with Crippen LogP contribution in [-0.4, -0.2) is 39.2 Å². The molecule has 0 amide bonds. The third-order valence-corrected chi connectivity index (χ3v) is 3.13. The van der Waals surface area contributed by atoms with Crippen molar-refractivity contribution in [2.45, 2.75) is 13.0 Å². The molecule has 0 bridgehead atoms. The van der Waals surface area contributed by atoms with Gasteiger partial charge in [0.25, 0.3) is 10.2 Å². The molecule has 1 saturated heterocycles. The third kappa shape index (κ3) is 3.14. The fraction of sp³-hybridized carbons (Fsp3) is 1.00. The van der Waals surface area contributed by atoms with E-state index in [9.17, 15) is 17.2 Å².